The third kappa shape index (κ3) is 4.90. The summed E-state index contributed by atoms with van der Waals surface area (Å²) < 4.78 is 16.4. The van der Waals surface area contributed by atoms with Crippen molar-refractivity contribution in [2.75, 3.05) is 39.5 Å². The highest BCUT2D eigenvalue weighted by Gasteiger charge is 2.30. The number of pyridine rings is 2. The Hall–Kier alpha value is -3.84. The Kier molecular flexibility index (Phi) is 7.45. The van der Waals surface area contributed by atoms with Crippen LogP contribution in [0.1, 0.15) is 87.2 Å². The van der Waals surface area contributed by atoms with Crippen molar-refractivity contribution in [3.05, 3.63) is 48.6 Å². The maximum atomic E-state index is 5.77. The Bertz CT molecular complexity index is 1820. The lowest BCUT2D eigenvalue weighted by atomic mass is 10.1. The topological polar surface area (TPSA) is 136 Å². The van der Waals surface area contributed by atoms with E-state index in [0.717, 1.165) is 123 Å². The molecule has 6 aromatic heterocycles. The van der Waals surface area contributed by atoms with Crippen LogP contribution >= 0.6 is 0 Å². The van der Waals surface area contributed by atoms with Crippen LogP contribution in [0.15, 0.2) is 36.9 Å². The second-order valence-corrected chi connectivity index (χ2v) is 13.2. The number of aromatic nitrogens is 8. The fourth-order valence-electron chi connectivity index (χ4n) is 8.12. The van der Waals surface area contributed by atoms with Crippen molar-refractivity contribution in [2.24, 2.45) is 0 Å². The van der Waals surface area contributed by atoms with E-state index in [1.165, 1.54) is 23.9 Å². The Morgan fingerprint density at radius 3 is 1.54 bits per heavy atom. The lowest BCUT2D eigenvalue weighted by Crippen LogP contribution is -2.26. The number of rotatable bonds is 4. The summed E-state index contributed by atoms with van der Waals surface area (Å²) in [6, 6.07) is 5.64. The van der Waals surface area contributed by atoms with Crippen molar-refractivity contribution in [3.8, 4) is 0 Å². The standard InChI is InChI=1S/2C17H21N5O/c2*1-4-13(18-6-1)17-21-14-9-20-16-12(5-7-19-16)15(14)22(17)11-3-2-8-23-10-11/h2*5,7,9,11,13,18H,1-4,6,8,10H2,(H,19,20)/t11-,13+;11-,13-/m01/s1. The van der Waals surface area contributed by atoms with Gasteiger partial charge in [0.05, 0.1) is 60.8 Å². The predicted octanol–water partition coefficient (Wildman–Crippen LogP) is 5.38. The molecule has 10 rings (SSSR count). The fraction of sp³-hybridized carbons (Fsp3) is 0.529. The van der Waals surface area contributed by atoms with Gasteiger partial charge in [-0.25, -0.2) is 19.9 Å². The van der Waals surface area contributed by atoms with Crippen molar-refractivity contribution in [1.29, 1.82) is 0 Å². The zero-order valence-corrected chi connectivity index (χ0v) is 26.2. The molecule has 4 atom stereocenters. The minimum absolute atomic E-state index is 0.346. The van der Waals surface area contributed by atoms with Gasteiger partial charge in [0.15, 0.2) is 0 Å². The molecular formula is C34H42N10O2. The van der Waals surface area contributed by atoms with Gasteiger partial charge in [0.2, 0.25) is 0 Å². The summed E-state index contributed by atoms with van der Waals surface area (Å²) in [7, 11) is 0. The van der Waals surface area contributed by atoms with Crippen molar-refractivity contribution in [3.63, 3.8) is 0 Å². The van der Waals surface area contributed by atoms with E-state index in [0.29, 0.717) is 24.2 Å². The number of hydrogen-bond donors (Lipinski definition) is 4. The average molecular weight is 623 g/mol. The molecule has 12 nitrogen and oxygen atoms in total. The quantitative estimate of drug-likeness (QED) is 0.206. The summed E-state index contributed by atoms with van der Waals surface area (Å²) >= 11 is 0. The summed E-state index contributed by atoms with van der Waals surface area (Å²) in [4.78, 5) is 25.4. The van der Waals surface area contributed by atoms with Crippen LogP contribution in [-0.4, -0.2) is 78.6 Å². The number of imidazole rings is 2. The third-order valence-electron chi connectivity index (χ3n) is 10.3. The highest BCUT2D eigenvalue weighted by atomic mass is 16.5. The number of aromatic amines is 2. The molecule has 0 spiro atoms. The minimum atomic E-state index is 0.346. The minimum Gasteiger partial charge on any atom is -0.379 e. The summed E-state index contributed by atoms with van der Waals surface area (Å²) in [6.07, 6.45) is 17.0. The van der Waals surface area contributed by atoms with E-state index in [2.05, 4.69) is 51.8 Å². The van der Waals surface area contributed by atoms with Gasteiger partial charge < -0.3 is 39.2 Å². The summed E-state index contributed by atoms with van der Waals surface area (Å²) in [5, 5.41) is 9.52. The van der Waals surface area contributed by atoms with Gasteiger partial charge in [0.25, 0.3) is 0 Å². The zero-order chi connectivity index (χ0) is 30.5. The monoisotopic (exact) mass is 622 g/mol. The third-order valence-corrected chi connectivity index (χ3v) is 10.3. The van der Waals surface area contributed by atoms with Gasteiger partial charge in [-0.3, -0.25) is 0 Å². The Morgan fingerprint density at radius 1 is 0.630 bits per heavy atom. The molecule has 0 radical (unpaired) electrons. The average Bonchev–Trinajstić information content (AvgIpc) is 3.94. The number of nitrogens with one attached hydrogen (secondary N) is 4. The van der Waals surface area contributed by atoms with E-state index < -0.39 is 0 Å². The molecule has 0 bridgehead atoms. The molecule has 0 aliphatic carbocycles. The molecule has 4 N–H and O–H groups in total. The van der Waals surface area contributed by atoms with E-state index >= 15 is 0 Å². The first-order valence-corrected chi connectivity index (χ1v) is 17.1. The molecule has 0 aromatic carbocycles. The molecule has 10 heterocycles. The van der Waals surface area contributed by atoms with Gasteiger partial charge in [-0.05, 0) is 76.6 Å². The van der Waals surface area contributed by atoms with Crippen molar-refractivity contribution >= 4 is 44.1 Å². The molecule has 46 heavy (non-hydrogen) atoms. The van der Waals surface area contributed by atoms with Gasteiger partial charge in [-0.1, -0.05) is 0 Å². The van der Waals surface area contributed by atoms with Crippen LogP contribution in [0.5, 0.6) is 0 Å². The normalized spacial score (nSPS) is 25.6. The van der Waals surface area contributed by atoms with E-state index in [-0.39, 0.29) is 0 Å². The lowest BCUT2D eigenvalue weighted by molar-refractivity contribution is 0.0591. The van der Waals surface area contributed by atoms with Crippen LogP contribution in [0.2, 0.25) is 0 Å². The SMILES string of the molecule is c1cc2c(ncc3nc([C@H]4CCCN4)n([C@@H]4CCCOC4)c32)[nH]1.c1cc2c(ncc3nc([C@H]4CCCN4)n([C@H]4CCCOC4)c32)[nH]1. The van der Waals surface area contributed by atoms with Crippen molar-refractivity contribution in [1.82, 2.24) is 49.7 Å². The molecule has 4 fully saturated rings. The van der Waals surface area contributed by atoms with Gasteiger partial charge in [-0.15, -0.1) is 0 Å². The lowest BCUT2D eigenvalue weighted by Gasteiger charge is -2.27. The molecule has 240 valence electrons. The first-order chi connectivity index (χ1) is 22.8. The van der Waals surface area contributed by atoms with E-state index in [1.54, 1.807) is 0 Å². The second-order valence-electron chi connectivity index (χ2n) is 13.2. The number of ether oxygens (including phenoxy) is 2. The Balaban J connectivity index is 0.000000127. The number of nitrogens with zero attached hydrogens (tertiary/aromatic N) is 6. The number of H-pyrrole nitrogens is 2. The van der Waals surface area contributed by atoms with Crippen LogP contribution in [0.25, 0.3) is 44.1 Å². The van der Waals surface area contributed by atoms with Gasteiger partial charge in [0, 0.05) is 36.4 Å². The molecule has 0 unspecified atom stereocenters. The summed E-state index contributed by atoms with van der Waals surface area (Å²) in [6.45, 7) is 5.46. The van der Waals surface area contributed by atoms with Crippen LogP contribution in [0.3, 0.4) is 0 Å². The molecule has 4 aliphatic heterocycles. The highest BCUT2D eigenvalue weighted by Crippen LogP contribution is 2.36. The molecule has 6 aromatic rings. The summed E-state index contributed by atoms with van der Waals surface area (Å²) in [5.41, 5.74) is 6.26. The van der Waals surface area contributed by atoms with Gasteiger partial charge in [-0.2, -0.15) is 0 Å². The van der Waals surface area contributed by atoms with E-state index in [1.807, 2.05) is 24.8 Å². The molecule has 4 aliphatic rings. The maximum Gasteiger partial charge on any atom is 0.139 e. The van der Waals surface area contributed by atoms with Gasteiger partial charge >= 0.3 is 0 Å². The first-order valence-electron chi connectivity index (χ1n) is 17.1. The van der Waals surface area contributed by atoms with Gasteiger partial charge in [0.1, 0.15) is 34.0 Å². The van der Waals surface area contributed by atoms with Crippen molar-refractivity contribution < 1.29 is 9.47 Å². The summed E-state index contributed by atoms with van der Waals surface area (Å²) in [5.74, 6) is 2.31. The zero-order valence-electron chi connectivity index (χ0n) is 26.2. The Labute approximate surface area is 266 Å². The highest BCUT2D eigenvalue weighted by molar-refractivity contribution is 6.02. The maximum absolute atomic E-state index is 5.77. The van der Waals surface area contributed by atoms with Crippen LogP contribution in [0, 0.1) is 0 Å². The fourth-order valence-corrected chi connectivity index (χ4v) is 8.12. The first kappa shape index (κ1) is 28.4. The second kappa shape index (κ2) is 12.1. The largest absolute Gasteiger partial charge is 0.379 e. The van der Waals surface area contributed by atoms with Crippen LogP contribution in [-0.2, 0) is 9.47 Å². The van der Waals surface area contributed by atoms with Crippen LogP contribution < -0.4 is 10.6 Å². The molecule has 0 amide bonds. The molecular weight excluding hydrogens is 580 g/mol. The molecule has 0 saturated carbocycles. The van der Waals surface area contributed by atoms with E-state index in [9.17, 15) is 0 Å². The predicted molar refractivity (Wildman–Crippen MR) is 177 cm³/mol. The molecule has 12 heteroatoms. The van der Waals surface area contributed by atoms with E-state index in [4.69, 9.17) is 19.4 Å². The molecule has 4 saturated heterocycles. The number of hydrogen-bond acceptors (Lipinski definition) is 8. The van der Waals surface area contributed by atoms with Crippen molar-refractivity contribution in [2.45, 2.75) is 75.5 Å². The Morgan fingerprint density at radius 2 is 1.13 bits per heavy atom. The number of fused-ring (bicyclic) bond motifs is 6. The smallest absolute Gasteiger partial charge is 0.139 e. The van der Waals surface area contributed by atoms with Crippen LogP contribution in [0.4, 0.5) is 0 Å².